The van der Waals surface area contributed by atoms with E-state index in [0.29, 0.717) is 21.3 Å². The number of nitrogens with zero attached hydrogens (tertiary/aromatic N) is 2. The minimum atomic E-state index is -3.62. The molecule has 0 atom stereocenters. The van der Waals surface area contributed by atoms with Gasteiger partial charge in [-0.3, -0.25) is 0 Å². The number of rotatable bonds is 4. The van der Waals surface area contributed by atoms with E-state index in [1.807, 2.05) is 0 Å². The zero-order chi connectivity index (χ0) is 14.9. The Bertz CT molecular complexity index is 741. The van der Waals surface area contributed by atoms with Crippen LogP contribution >= 0.6 is 23.2 Å². The molecule has 0 unspecified atom stereocenters. The third kappa shape index (κ3) is 2.98. The van der Waals surface area contributed by atoms with E-state index < -0.39 is 9.84 Å². The Hall–Kier alpha value is -1.08. The first-order valence-corrected chi connectivity index (χ1v) is 8.04. The van der Waals surface area contributed by atoms with E-state index in [9.17, 15) is 8.42 Å². The first-order chi connectivity index (χ1) is 9.35. The van der Waals surface area contributed by atoms with Crippen LogP contribution in [0.3, 0.4) is 0 Å². The number of hydrogen-bond donors (Lipinski definition) is 1. The maximum absolute atomic E-state index is 12.3. The molecule has 0 saturated heterocycles. The van der Waals surface area contributed by atoms with Crippen LogP contribution in [0.15, 0.2) is 29.6 Å². The highest BCUT2D eigenvalue weighted by Crippen LogP contribution is 2.24. The van der Waals surface area contributed by atoms with Gasteiger partial charge in [0.1, 0.15) is 0 Å². The lowest BCUT2D eigenvalue weighted by Gasteiger charge is -2.07. The highest BCUT2D eigenvalue weighted by molar-refractivity contribution is 7.90. The zero-order valence-electron chi connectivity index (χ0n) is 10.5. The zero-order valence-corrected chi connectivity index (χ0v) is 12.9. The number of halogens is 2. The van der Waals surface area contributed by atoms with Gasteiger partial charge in [0.25, 0.3) is 0 Å². The molecule has 0 aliphatic rings. The summed E-state index contributed by atoms with van der Waals surface area (Å²) in [6.07, 6.45) is 1.34. The van der Waals surface area contributed by atoms with Crippen molar-refractivity contribution < 1.29 is 13.5 Å². The van der Waals surface area contributed by atoms with Gasteiger partial charge in [0, 0.05) is 7.05 Å². The smallest absolute Gasteiger partial charge is 0.227 e. The lowest BCUT2D eigenvalue weighted by Crippen LogP contribution is -2.12. The summed E-state index contributed by atoms with van der Waals surface area (Å²) < 4.78 is 26.0. The maximum Gasteiger partial charge on any atom is 0.227 e. The predicted molar refractivity (Wildman–Crippen MR) is 76.5 cm³/mol. The van der Waals surface area contributed by atoms with Crippen LogP contribution in [-0.2, 0) is 29.2 Å². The van der Waals surface area contributed by atoms with Gasteiger partial charge in [0.2, 0.25) is 15.0 Å². The summed E-state index contributed by atoms with van der Waals surface area (Å²) in [5.74, 6) is -0.236. The van der Waals surface area contributed by atoms with Gasteiger partial charge in [-0.1, -0.05) is 29.3 Å². The van der Waals surface area contributed by atoms with E-state index in [0.717, 1.165) is 0 Å². The van der Waals surface area contributed by atoms with Gasteiger partial charge in [0.15, 0.2) is 0 Å². The molecule has 0 amide bonds. The van der Waals surface area contributed by atoms with E-state index in [1.165, 1.54) is 16.8 Å². The van der Waals surface area contributed by atoms with Crippen LogP contribution in [0.2, 0.25) is 10.0 Å². The van der Waals surface area contributed by atoms with Crippen LogP contribution in [-0.4, -0.2) is 23.1 Å². The van der Waals surface area contributed by atoms with Crippen molar-refractivity contribution in [3.63, 3.8) is 0 Å². The van der Waals surface area contributed by atoms with Crippen LogP contribution in [0.1, 0.15) is 11.3 Å². The van der Waals surface area contributed by atoms with E-state index >= 15 is 0 Å². The molecule has 0 radical (unpaired) electrons. The van der Waals surface area contributed by atoms with Crippen molar-refractivity contribution in [2.75, 3.05) is 0 Å². The molecule has 1 heterocycles. The third-order valence-electron chi connectivity index (χ3n) is 2.82. The van der Waals surface area contributed by atoms with Gasteiger partial charge in [-0.2, -0.15) is 0 Å². The van der Waals surface area contributed by atoms with Crippen molar-refractivity contribution in [3.05, 3.63) is 45.7 Å². The second kappa shape index (κ2) is 5.73. The van der Waals surface area contributed by atoms with Gasteiger partial charge in [0.05, 0.1) is 34.3 Å². The molecule has 0 aliphatic heterocycles. The number of imidazole rings is 1. The monoisotopic (exact) mass is 334 g/mol. The number of aliphatic hydroxyl groups excluding tert-OH is 1. The molecule has 2 rings (SSSR count). The highest BCUT2D eigenvalue weighted by Gasteiger charge is 2.22. The summed E-state index contributed by atoms with van der Waals surface area (Å²) >= 11 is 11.7. The fourth-order valence-corrected chi connectivity index (χ4v) is 3.59. The lowest BCUT2D eigenvalue weighted by molar-refractivity contribution is 0.271. The third-order valence-corrected chi connectivity index (χ3v) is 5.21. The minimum absolute atomic E-state index is 0.0902. The van der Waals surface area contributed by atoms with E-state index in [4.69, 9.17) is 28.3 Å². The molecule has 0 saturated carbocycles. The van der Waals surface area contributed by atoms with Crippen molar-refractivity contribution in [1.29, 1.82) is 0 Å². The first-order valence-electron chi connectivity index (χ1n) is 5.63. The Morgan fingerprint density at radius 1 is 1.30 bits per heavy atom. The molecule has 0 aliphatic carbocycles. The van der Waals surface area contributed by atoms with Gasteiger partial charge in [-0.15, -0.1) is 0 Å². The average molecular weight is 335 g/mol. The van der Waals surface area contributed by atoms with Gasteiger partial charge in [-0.05, 0) is 17.7 Å². The molecule has 0 spiro atoms. The Kier molecular flexibility index (Phi) is 4.39. The molecular formula is C12H12Cl2N2O3S. The molecule has 2 aromatic rings. The van der Waals surface area contributed by atoms with Gasteiger partial charge in [-0.25, -0.2) is 13.4 Å². The lowest BCUT2D eigenvalue weighted by atomic mass is 10.2. The molecule has 8 heteroatoms. The molecule has 1 aromatic heterocycles. The molecule has 20 heavy (non-hydrogen) atoms. The fraction of sp³-hybridized carbons (Fsp3) is 0.250. The molecular weight excluding hydrogens is 323 g/mol. The van der Waals surface area contributed by atoms with Gasteiger partial charge >= 0.3 is 0 Å². The molecule has 0 bridgehead atoms. The summed E-state index contributed by atoms with van der Waals surface area (Å²) in [5, 5.41) is 9.65. The predicted octanol–water partition coefficient (Wildman–Crippen LogP) is 2.19. The van der Waals surface area contributed by atoms with Crippen molar-refractivity contribution in [2.45, 2.75) is 17.5 Å². The summed E-state index contributed by atoms with van der Waals surface area (Å²) in [6.45, 7) is -0.272. The summed E-state index contributed by atoms with van der Waals surface area (Å²) in [7, 11) is -2.08. The van der Waals surface area contributed by atoms with Crippen molar-refractivity contribution in [3.8, 4) is 0 Å². The Morgan fingerprint density at radius 2 is 2.00 bits per heavy atom. The van der Waals surface area contributed by atoms with Crippen molar-refractivity contribution in [2.24, 2.45) is 7.05 Å². The van der Waals surface area contributed by atoms with E-state index in [-0.39, 0.29) is 17.5 Å². The molecule has 0 fully saturated rings. The SMILES string of the molecule is Cn1c(CO)cnc1S(=O)(=O)Cc1ccc(Cl)c(Cl)c1. The Balaban J connectivity index is 2.35. The van der Waals surface area contributed by atoms with Crippen molar-refractivity contribution >= 4 is 33.0 Å². The molecule has 1 aromatic carbocycles. The molecule has 108 valence electrons. The van der Waals surface area contributed by atoms with Crippen molar-refractivity contribution in [1.82, 2.24) is 9.55 Å². The number of aromatic nitrogens is 2. The van der Waals surface area contributed by atoms with Crippen LogP contribution < -0.4 is 0 Å². The summed E-state index contributed by atoms with van der Waals surface area (Å²) in [6, 6.07) is 4.66. The Morgan fingerprint density at radius 3 is 2.55 bits per heavy atom. The molecule has 1 N–H and O–H groups in total. The number of benzene rings is 1. The average Bonchev–Trinajstić information content (AvgIpc) is 2.75. The number of sulfone groups is 1. The topological polar surface area (TPSA) is 72.2 Å². The highest BCUT2D eigenvalue weighted by atomic mass is 35.5. The largest absolute Gasteiger partial charge is 0.390 e. The second-order valence-corrected chi connectivity index (χ2v) is 6.95. The number of aliphatic hydroxyl groups is 1. The number of hydrogen-bond acceptors (Lipinski definition) is 4. The quantitative estimate of drug-likeness (QED) is 0.930. The van der Waals surface area contributed by atoms with E-state index in [2.05, 4.69) is 4.98 Å². The summed E-state index contributed by atoms with van der Waals surface area (Å²) in [5.41, 5.74) is 0.950. The van der Waals surface area contributed by atoms with Crippen LogP contribution in [0.4, 0.5) is 0 Å². The van der Waals surface area contributed by atoms with Gasteiger partial charge < -0.3 is 9.67 Å². The molecule has 5 nitrogen and oxygen atoms in total. The standard InChI is InChI=1S/C12H12Cl2N2O3S/c1-16-9(6-17)5-15-12(16)20(18,19)7-8-2-3-10(13)11(14)4-8/h2-5,17H,6-7H2,1H3. The maximum atomic E-state index is 12.3. The Labute approximate surface area is 126 Å². The van der Waals surface area contributed by atoms with Crippen LogP contribution in [0.5, 0.6) is 0 Å². The minimum Gasteiger partial charge on any atom is -0.390 e. The normalized spacial score (nSPS) is 11.8. The second-order valence-electron chi connectivity index (χ2n) is 4.26. The summed E-state index contributed by atoms with van der Waals surface area (Å²) in [4.78, 5) is 3.85. The first kappa shape index (κ1) is 15.3. The fourth-order valence-electron chi connectivity index (χ4n) is 1.77. The van der Waals surface area contributed by atoms with E-state index in [1.54, 1.807) is 19.2 Å². The van der Waals surface area contributed by atoms with Crippen LogP contribution in [0, 0.1) is 0 Å². The van der Waals surface area contributed by atoms with Crippen LogP contribution in [0.25, 0.3) is 0 Å².